The summed E-state index contributed by atoms with van der Waals surface area (Å²) < 4.78 is 10.8. The molecule has 1 saturated heterocycles. The zero-order chi connectivity index (χ0) is 15.2. The van der Waals surface area contributed by atoms with E-state index in [1.807, 2.05) is 0 Å². The summed E-state index contributed by atoms with van der Waals surface area (Å²) in [5.41, 5.74) is 0.298. The number of phenolic OH excluding ortho intramolecular Hbond substituents is 1. The van der Waals surface area contributed by atoms with Gasteiger partial charge in [-0.3, -0.25) is 10.1 Å². The molecule has 0 bridgehead atoms. The van der Waals surface area contributed by atoms with Gasteiger partial charge in [0.05, 0.1) is 12.7 Å². The Kier molecular flexibility index (Phi) is 5.41. The lowest BCUT2D eigenvalue weighted by Gasteiger charge is -2.19. The Morgan fingerprint density at radius 1 is 1.57 bits per heavy atom. The van der Waals surface area contributed by atoms with Crippen LogP contribution in [0.4, 0.5) is 0 Å². The molecule has 6 nitrogen and oxygen atoms in total. The summed E-state index contributed by atoms with van der Waals surface area (Å²) >= 11 is 0. The van der Waals surface area contributed by atoms with Crippen LogP contribution in [0.15, 0.2) is 18.2 Å². The van der Waals surface area contributed by atoms with Gasteiger partial charge < -0.3 is 19.7 Å². The van der Waals surface area contributed by atoms with Gasteiger partial charge in [0.1, 0.15) is 6.04 Å². The summed E-state index contributed by atoms with van der Waals surface area (Å²) in [6.07, 6.45) is 1.95. The van der Waals surface area contributed by atoms with E-state index >= 15 is 0 Å². The predicted molar refractivity (Wildman–Crippen MR) is 76.6 cm³/mol. The second-order valence-corrected chi connectivity index (χ2v) is 4.94. The molecule has 1 aromatic rings. The molecule has 2 rings (SSSR count). The predicted octanol–water partition coefficient (Wildman–Crippen LogP) is 1.69. The third-order valence-electron chi connectivity index (χ3n) is 3.46. The van der Waals surface area contributed by atoms with Crippen molar-refractivity contribution < 1.29 is 24.5 Å². The Hall–Kier alpha value is -1.79. The molecule has 1 aromatic carbocycles. The largest absolute Gasteiger partial charge is 0.504 e. The number of phenols is 1. The van der Waals surface area contributed by atoms with E-state index in [0.717, 1.165) is 19.4 Å². The van der Waals surface area contributed by atoms with Gasteiger partial charge in [0.2, 0.25) is 0 Å². The highest BCUT2D eigenvalue weighted by Crippen LogP contribution is 2.34. The van der Waals surface area contributed by atoms with E-state index in [1.165, 1.54) is 0 Å². The van der Waals surface area contributed by atoms with E-state index in [2.05, 4.69) is 5.32 Å². The van der Waals surface area contributed by atoms with Gasteiger partial charge in [-0.25, -0.2) is 0 Å². The average Bonchev–Trinajstić information content (AvgIpc) is 2.96. The van der Waals surface area contributed by atoms with Crippen LogP contribution in [0, 0.1) is 0 Å². The molecule has 0 aromatic heterocycles. The molecule has 2 unspecified atom stereocenters. The van der Waals surface area contributed by atoms with E-state index in [9.17, 15) is 15.0 Å². The molecule has 116 valence electrons. The van der Waals surface area contributed by atoms with Gasteiger partial charge in [-0.05, 0) is 25.8 Å². The molecule has 0 amide bonds. The van der Waals surface area contributed by atoms with Gasteiger partial charge in [0, 0.05) is 18.7 Å². The molecule has 0 spiro atoms. The van der Waals surface area contributed by atoms with Crippen molar-refractivity contribution in [1.82, 2.24) is 5.32 Å². The quantitative estimate of drug-likeness (QED) is 0.709. The molecule has 21 heavy (non-hydrogen) atoms. The monoisotopic (exact) mass is 295 g/mol. The van der Waals surface area contributed by atoms with E-state index in [-0.39, 0.29) is 11.9 Å². The summed E-state index contributed by atoms with van der Waals surface area (Å²) in [7, 11) is 0. The van der Waals surface area contributed by atoms with Crippen LogP contribution in [0.5, 0.6) is 11.5 Å². The number of benzene rings is 1. The van der Waals surface area contributed by atoms with Gasteiger partial charge in [-0.2, -0.15) is 0 Å². The minimum Gasteiger partial charge on any atom is -0.504 e. The fourth-order valence-electron chi connectivity index (χ4n) is 2.43. The van der Waals surface area contributed by atoms with Crippen molar-refractivity contribution in [3.8, 4) is 11.5 Å². The third kappa shape index (κ3) is 3.86. The Morgan fingerprint density at radius 3 is 3.00 bits per heavy atom. The number of nitrogens with one attached hydrogen (secondary N) is 1. The van der Waals surface area contributed by atoms with Gasteiger partial charge >= 0.3 is 5.97 Å². The van der Waals surface area contributed by atoms with E-state index in [0.29, 0.717) is 24.5 Å². The van der Waals surface area contributed by atoms with E-state index < -0.39 is 12.0 Å². The smallest absolute Gasteiger partial charge is 0.325 e. The maximum absolute atomic E-state index is 11.5. The summed E-state index contributed by atoms with van der Waals surface area (Å²) in [5.74, 6) is -0.885. The molecule has 0 aliphatic carbocycles. The van der Waals surface area contributed by atoms with Crippen molar-refractivity contribution in [1.29, 1.82) is 0 Å². The fourth-order valence-corrected chi connectivity index (χ4v) is 2.43. The SMILES string of the molecule is CCOc1cccc(C(NCC2CCCO2)C(=O)O)c1O. The number of para-hydroxylation sites is 1. The number of rotatable bonds is 7. The van der Waals surface area contributed by atoms with Crippen molar-refractivity contribution in [3.05, 3.63) is 23.8 Å². The normalized spacial score (nSPS) is 19.4. The summed E-state index contributed by atoms with van der Waals surface area (Å²) in [5, 5.41) is 22.5. The second-order valence-electron chi connectivity index (χ2n) is 4.94. The first-order valence-electron chi connectivity index (χ1n) is 7.16. The number of carbonyl (C=O) groups is 1. The van der Waals surface area contributed by atoms with Gasteiger partial charge in [0.25, 0.3) is 0 Å². The van der Waals surface area contributed by atoms with Crippen LogP contribution in [0.25, 0.3) is 0 Å². The van der Waals surface area contributed by atoms with Crippen LogP contribution in [0.2, 0.25) is 0 Å². The number of carboxylic acid groups (broad SMARTS) is 1. The number of carboxylic acids is 1. The van der Waals surface area contributed by atoms with Gasteiger partial charge in [-0.1, -0.05) is 12.1 Å². The van der Waals surface area contributed by atoms with Crippen LogP contribution in [0.3, 0.4) is 0 Å². The molecule has 1 aliphatic heterocycles. The summed E-state index contributed by atoms with van der Waals surface area (Å²) in [6.45, 7) is 3.36. The average molecular weight is 295 g/mol. The lowest BCUT2D eigenvalue weighted by molar-refractivity contribution is -0.139. The minimum atomic E-state index is -1.04. The standard InChI is InChI=1S/C15H21NO5/c1-2-20-12-7-3-6-11(14(12)17)13(15(18)19)16-9-10-5-4-8-21-10/h3,6-7,10,13,16-17H,2,4-5,8-9H2,1H3,(H,18,19). The zero-order valence-electron chi connectivity index (χ0n) is 12.0. The zero-order valence-corrected chi connectivity index (χ0v) is 12.0. The van der Waals surface area contributed by atoms with Crippen LogP contribution in [-0.2, 0) is 9.53 Å². The number of aliphatic carboxylic acids is 1. The highest BCUT2D eigenvalue weighted by atomic mass is 16.5. The van der Waals surface area contributed by atoms with Crippen molar-refractivity contribution in [2.45, 2.75) is 31.9 Å². The molecule has 0 radical (unpaired) electrons. The first kappa shape index (κ1) is 15.6. The maximum Gasteiger partial charge on any atom is 0.325 e. The molecule has 0 saturated carbocycles. The van der Waals surface area contributed by atoms with E-state index in [4.69, 9.17) is 9.47 Å². The van der Waals surface area contributed by atoms with Gasteiger partial charge in [0.15, 0.2) is 11.5 Å². The molecule has 2 atom stereocenters. The molecule has 3 N–H and O–H groups in total. The summed E-state index contributed by atoms with van der Waals surface area (Å²) in [4.78, 5) is 11.5. The first-order valence-corrected chi connectivity index (χ1v) is 7.16. The number of ether oxygens (including phenoxy) is 2. The van der Waals surface area contributed by atoms with Crippen molar-refractivity contribution in [3.63, 3.8) is 0 Å². The Balaban J connectivity index is 2.13. The minimum absolute atomic E-state index is 0.0315. The lowest BCUT2D eigenvalue weighted by atomic mass is 10.0. The van der Waals surface area contributed by atoms with Crippen molar-refractivity contribution in [2.24, 2.45) is 0 Å². The number of hydrogen-bond donors (Lipinski definition) is 3. The lowest BCUT2D eigenvalue weighted by Crippen LogP contribution is -2.34. The highest BCUT2D eigenvalue weighted by molar-refractivity contribution is 5.77. The second kappa shape index (κ2) is 7.28. The van der Waals surface area contributed by atoms with Crippen molar-refractivity contribution >= 4 is 5.97 Å². The summed E-state index contributed by atoms with van der Waals surface area (Å²) in [6, 6.07) is 3.87. The Morgan fingerprint density at radius 2 is 2.38 bits per heavy atom. The maximum atomic E-state index is 11.5. The number of aromatic hydroxyl groups is 1. The topological polar surface area (TPSA) is 88.0 Å². The van der Waals surface area contributed by atoms with Gasteiger partial charge in [-0.15, -0.1) is 0 Å². The highest BCUT2D eigenvalue weighted by Gasteiger charge is 2.26. The molecular formula is C15H21NO5. The van der Waals surface area contributed by atoms with Crippen LogP contribution in [0.1, 0.15) is 31.4 Å². The van der Waals surface area contributed by atoms with E-state index in [1.54, 1.807) is 25.1 Å². The third-order valence-corrected chi connectivity index (χ3v) is 3.46. The van der Waals surface area contributed by atoms with Crippen LogP contribution in [-0.4, -0.2) is 42.0 Å². The molecule has 6 heteroatoms. The molecule has 1 heterocycles. The fraction of sp³-hybridized carbons (Fsp3) is 0.533. The Bertz CT molecular complexity index is 485. The van der Waals surface area contributed by atoms with Crippen LogP contribution >= 0.6 is 0 Å². The van der Waals surface area contributed by atoms with Crippen LogP contribution < -0.4 is 10.1 Å². The molecule has 1 aliphatic rings. The van der Waals surface area contributed by atoms with Crippen molar-refractivity contribution in [2.75, 3.05) is 19.8 Å². The molecule has 1 fully saturated rings. The number of hydrogen-bond acceptors (Lipinski definition) is 5. The first-order chi connectivity index (χ1) is 10.1. The molecular weight excluding hydrogens is 274 g/mol. The Labute approximate surface area is 123 Å².